The Labute approximate surface area is 110 Å². The van der Waals surface area contributed by atoms with Crippen LogP contribution in [0.3, 0.4) is 0 Å². The summed E-state index contributed by atoms with van der Waals surface area (Å²) in [5.41, 5.74) is 1.26. The number of ether oxygens (including phenoxy) is 2. The molecule has 0 aliphatic carbocycles. The summed E-state index contributed by atoms with van der Waals surface area (Å²) in [6.45, 7) is 8.31. The third-order valence-corrected chi connectivity index (χ3v) is 2.50. The number of rotatable bonds is 10. The van der Waals surface area contributed by atoms with Gasteiger partial charge in [0, 0.05) is 13.2 Å². The Bertz CT molecular complexity index is 315. The molecule has 0 aliphatic heterocycles. The van der Waals surface area contributed by atoms with E-state index in [4.69, 9.17) is 9.47 Å². The van der Waals surface area contributed by atoms with Gasteiger partial charge in [0.2, 0.25) is 0 Å². The summed E-state index contributed by atoms with van der Waals surface area (Å²) in [7, 11) is 0. The van der Waals surface area contributed by atoms with Crippen molar-refractivity contribution in [2.45, 2.75) is 33.2 Å². The molecule has 0 bridgehead atoms. The van der Waals surface area contributed by atoms with Crippen molar-refractivity contribution < 1.29 is 9.47 Å². The highest BCUT2D eigenvalue weighted by Gasteiger charge is 1.97. The van der Waals surface area contributed by atoms with Crippen molar-refractivity contribution in [3.63, 3.8) is 0 Å². The number of hydrogen-bond donors (Lipinski definition) is 1. The van der Waals surface area contributed by atoms with Crippen molar-refractivity contribution in [2.75, 3.05) is 26.4 Å². The lowest BCUT2D eigenvalue weighted by molar-refractivity contribution is 0.101. The summed E-state index contributed by atoms with van der Waals surface area (Å²) in [4.78, 5) is 0. The average Bonchev–Trinajstić information content (AvgIpc) is 2.39. The molecule has 3 nitrogen and oxygen atoms in total. The molecule has 0 unspecified atom stereocenters. The summed E-state index contributed by atoms with van der Waals surface area (Å²) < 4.78 is 11.0. The first-order valence-electron chi connectivity index (χ1n) is 6.87. The molecule has 3 heteroatoms. The van der Waals surface area contributed by atoms with E-state index in [1.54, 1.807) is 0 Å². The Hall–Kier alpha value is -1.06. The maximum absolute atomic E-state index is 5.65. The Kier molecular flexibility index (Phi) is 8.26. The van der Waals surface area contributed by atoms with Crippen LogP contribution < -0.4 is 10.1 Å². The van der Waals surface area contributed by atoms with Crippen LogP contribution in [0.2, 0.25) is 0 Å². The fourth-order valence-corrected chi connectivity index (χ4v) is 1.62. The SMILES string of the molecule is CCCNCc1cccc(OCCOCCC)c1. The molecular formula is C15H25NO2. The topological polar surface area (TPSA) is 30.5 Å². The van der Waals surface area contributed by atoms with Crippen LogP contribution in [-0.4, -0.2) is 26.4 Å². The van der Waals surface area contributed by atoms with E-state index in [1.165, 1.54) is 5.56 Å². The molecule has 1 N–H and O–H groups in total. The third-order valence-electron chi connectivity index (χ3n) is 2.50. The molecule has 0 saturated heterocycles. The third kappa shape index (κ3) is 6.62. The zero-order valence-electron chi connectivity index (χ0n) is 11.6. The lowest BCUT2D eigenvalue weighted by Crippen LogP contribution is -2.13. The minimum atomic E-state index is 0.617. The van der Waals surface area contributed by atoms with Gasteiger partial charge in [0.15, 0.2) is 0 Å². The molecule has 102 valence electrons. The lowest BCUT2D eigenvalue weighted by Gasteiger charge is -2.09. The molecule has 0 spiro atoms. The van der Waals surface area contributed by atoms with Gasteiger partial charge in [-0.2, -0.15) is 0 Å². The van der Waals surface area contributed by atoms with E-state index in [-0.39, 0.29) is 0 Å². The monoisotopic (exact) mass is 251 g/mol. The van der Waals surface area contributed by atoms with E-state index < -0.39 is 0 Å². The first-order valence-corrected chi connectivity index (χ1v) is 6.87. The van der Waals surface area contributed by atoms with Crippen LogP contribution in [-0.2, 0) is 11.3 Å². The Morgan fingerprint density at radius 2 is 1.94 bits per heavy atom. The fraction of sp³-hybridized carbons (Fsp3) is 0.600. The van der Waals surface area contributed by atoms with Crippen molar-refractivity contribution in [2.24, 2.45) is 0 Å². The molecule has 0 fully saturated rings. The van der Waals surface area contributed by atoms with Gasteiger partial charge in [0.1, 0.15) is 12.4 Å². The van der Waals surface area contributed by atoms with Gasteiger partial charge in [-0.1, -0.05) is 26.0 Å². The van der Waals surface area contributed by atoms with Crippen molar-refractivity contribution in [1.29, 1.82) is 0 Å². The molecule has 0 atom stereocenters. The standard InChI is InChI=1S/C15H25NO2/c1-3-8-16-13-14-6-5-7-15(12-14)18-11-10-17-9-4-2/h5-7,12,16H,3-4,8-11,13H2,1-2H3. The quantitative estimate of drug-likeness (QED) is 0.648. The predicted octanol–water partition coefficient (Wildman–Crippen LogP) is 2.99. The van der Waals surface area contributed by atoms with Crippen LogP contribution in [0.1, 0.15) is 32.3 Å². The van der Waals surface area contributed by atoms with E-state index in [2.05, 4.69) is 31.3 Å². The Balaban J connectivity index is 2.26. The van der Waals surface area contributed by atoms with E-state index in [9.17, 15) is 0 Å². The van der Waals surface area contributed by atoms with Crippen molar-refractivity contribution in [3.8, 4) is 5.75 Å². The maximum atomic E-state index is 5.65. The second-order valence-corrected chi connectivity index (χ2v) is 4.29. The normalized spacial score (nSPS) is 10.6. The fourth-order valence-electron chi connectivity index (χ4n) is 1.62. The smallest absolute Gasteiger partial charge is 0.119 e. The van der Waals surface area contributed by atoms with Gasteiger partial charge < -0.3 is 14.8 Å². The molecule has 1 aromatic carbocycles. The molecule has 0 aliphatic rings. The summed E-state index contributed by atoms with van der Waals surface area (Å²) >= 11 is 0. The number of nitrogens with one attached hydrogen (secondary N) is 1. The van der Waals surface area contributed by atoms with Gasteiger partial charge in [-0.15, -0.1) is 0 Å². The molecule has 0 saturated carbocycles. The molecule has 0 radical (unpaired) electrons. The average molecular weight is 251 g/mol. The number of benzene rings is 1. The van der Waals surface area contributed by atoms with Crippen molar-refractivity contribution in [3.05, 3.63) is 29.8 Å². The second kappa shape index (κ2) is 9.92. The first-order chi connectivity index (χ1) is 8.86. The highest BCUT2D eigenvalue weighted by molar-refractivity contribution is 5.28. The van der Waals surface area contributed by atoms with Crippen LogP contribution in [0.15, 0.2) is 24.3 Å². The van der Waals surface area contributed by atoms with Gasteiger partial charge in [0.05, 0.1) is 6.61 Å². The second-order valence-electron chi connectivity index (χ2n) is 4.29. The molecule has 0 amide bonds. The zero-order chi connectivity index (χ0) is 13.1. The summed E-state index contributed by atoms with van der Waals surface area (Å²) in [6, 6.07) is 8.22. The minimum absolute atomic E-state index is 0.617. The van der Waals surface area contributed by atoms with E-state index in [1.807, 2.05) is 12.1 Å². The van der Waals surface area contributed by atoms with Crippen LogP contribution in [0.25, 0.3) is 0 Å². The van der Waals surface area contributed by atoms with Gasteiger partial charge >= 0.3 is 0 Å². The van der Waals surface area contributed by atoms with E-state index in [0.29, 0.717) is 13.2 Å². The highest BCUT2D eigenvalue weighted by Crippen LogP contribution is 2.13. The molecule has 1 rings (SSSR count). The minimum Gasteiger partial charge on any atom is -0.491 e. The largest absolute Gasteiger partial charge is 0.491 e. The zero-order valence-corrected chi connectivity index (χ0v) is 11.6. The highest BCUT2D eigenvalue weighted by atomic mass is 16.5. The van der Waals surface area contributed by atoms with Gasteiger partial charge in [0.25, 0.3) is 0 Å². The molecule has 0 heterocycles. The molecule has 1 aromatic rings. The van der Waals surface area contributed by atoms with E-state index in [0.717, 1.165) is 38.3 Å². The maximum Gasteiger partial charge on any atom is 0.119 e. The summed E-state index contributed by atoms with van der Waals surface area (Å²) in [5, 5.41) is 3.38. The summed E-state index contributed by atoms with van der Waals surface area (Å²) in [5.74, 6) is 0.922. The van der Waals surface area contributed by atoms with Gasteiger partial charge in [-0.05, 0) is 37.1 Å². The van der Waals surface area contributed by atoms with Gasteiger partial charge in [-0.25, -0.2) is 0 Å². The summed E-state index contributed by atoms with van der Waals surface area (Å²) in [6.07, 6.45) is 2.21. The van der Waals surface area contributed by atoms with E-state index >= 15 is 0 Å². The molecular weight excluding hydrogens is 226 g/mol. The van der Waals surface area contributed by atoms with Crippen molar-refractivity contribution in [1.82, 2.24) is 5.32 Å². The number of hydrogen-bond acceptors (Lipinski definition) is 3. The van der Waals surface area contributed by atoms with Crippen LogP contribution in [0.5, 0.6) is 5.75 Å². The van der Waals surface area contributed by atoms with Crippen molar-refractivity contribution >= 4 is 0 Å². The van der Waals surface area contributed by atoms with Crippen LogP contribution in [0, 0.1) is 0 Å². The molecule has 18 heavy (non-hydrogen) atoms. The lowest BCUT2D eigenvalue weighted by atomic mass is 10.2. The molecule has 0 aromatic heterocycles. The Morgan fingerprint density at radius 1 is 1.06 bits per heavy atom. The van der Waals surface area contributed by atoms with Gasteiger partial charge in [-0.3, -0.25) is 0 Å². The van der Waals surface area contributed by atoms with Crippen LogP contribution in [0.4, 0.5) is 0 Å². The predicted molar refractivity (Wildman–Crippen MR) is 75.0 cm³/mol. The van der Waals surface area contributed by atoms with Crippen LogP contribution >= 0.6 is 0 Å². The first kappa shape index (κ1) is 15.0. The Morgan fingerprint density at radius 3 is 2.72 bits per heavy atom.